The number of allylic oxidation sites excluding steroid dienone is 2. The Balaban J connectivity index is 2.27. The maximum Gasteiger partial charge on any atom is 0.454 e. The van der Waals surface area contributed by atoms with Gasteiger partial charge in [0.05, 0.1) is 0 Å². The van der Waals surface area contributed by atoms with Crippen molar-refractivity contribution in [3.05, 3.63) is 11.3 Å². The molecule has 0 bridgehead atoms. The van der Waals surface area contributed by atoms with Gasteiger partial charge in [0.25, 0.3) is 5.78 Å². The summed E-state index contributed by atoms with van der Waals surface area (Å²) in [7, 11) is 0. The van der Waals surface area contributed by atoms with Gasteiger partial charge in [-0.3, -0.25) is 4.79 Å². The van der Waals surface area contributed by atoms with Crippen molar-refractivity contribution in [2.45, 2.75) is 57.2 Å². The Kier molecular flexibility index (Phi) is 5.88. The van der Waals surface area contributed by atoms with E-state index in [1.807, 2.05) is 6.26 Å². The highest BCUT2D eigenvalue weighted by Gasteiger charge is 2.55. The standard InChI is InChI=1S/C16H22F3NO3S/c1-24-8-5-10(14(22)23)20-11-9-15(6-3-2-4-7-15)12(11)13(21)16(17,18)19/h10,20H,2-9H2,1H3,(H,22,23). The third kappa shape index (κ3) is 3.90. The number of hydrogen-bond acceptors (Lipinski definition) is 4. The molecular weight excluding hydrogens is 343 g/mol. The number of nitrogens with one attached hydrogen (secondary N) is 1. The van der Waals surface area contributed by atoms with Crippen LogP contribution in [0.1, 0.15) is 44.9 Å². The van der Waals surface area contributed by atoms with E-state index in [9.17, 15) is 27.9 Å². The number of carbonyl (C=O) groups excluding carboxylic acids is 1. The lowest BCUT2D eigenvalue weighted by molar-refractivity contribution is -0.169. The molecule has 0 radical (unpaired) electrons. The first-order chi connectivity index (χ1) is 11.2. The molecule has 1 spiro atoms. The quantitative estimate of drug-likeness (QED) is 0.723. The molecule has 2 rings (SSSR count). The molecule has 1 saturated carbocycles. The van der Waals surface area contributed by atoms with E-state index >= 15 is 0 Å². The van der Waals surface area contributed by atoms with Crippen LogP contribution in [-0.4, -0.2) is 41.1 Å². The SMILES string of the molecule is CSCCC(NC1=C(C(=O)C(F)(F)F)C2(CCCCC2)C1)C(=O)O. The minimum Gasteiger partial charge on any atom is -0.480 e. The summed E-state index contributed by atoms with van der Waals surface area (Å²) >= 11 is 1.47. The number of hydrogen-bond donors (Lipinski definition) is 2. The first-order valence-corrected chi connectivity index (χ1v) is 9.44. The molecule has 2 aliphatic rings. The number of halogens is 3. The van der Waals surface area contributed by atoms with E-state index in [1.54, 1.807) is 0 Å². The van der Waals surface area contributed by atoms with Gasteiger partial charge in [0.15, 0.2) is 0 Å². The van der Waals surface area contributed by atoms with Crippen molar-refractivity contribution in [1.29, 1.82) is 0 Å². The van der Waals surface area contributed by atoms with Crippen LogP contribution in [0.15, 0.2) is 11.3 Å². The van der Waals surface area contributed by atoms with Gasteiger partial charge in [-0.15, -0.1) is 0 Å². The Bertz CT molecular complexity index is 539. The summed E-state index contributed by atoms with van der Waals surface area (Å²) in [6.07, 6.45) is 1.24. The molecule has 0 aliphatic heterocycles. The number of carboxylic acids is 1. The molecule has 4 nitrogen and oxygen atoms in total. The molecule has 2 aliphatic carbocycles. The van der Waals surface area contributed by atoms with E-state index < -0.39 is 29.4 Å². The highest BCUT2D eigenvalue weighted by Crippen LogP contribution is 2.56. The normalized spacial score (nSPS) is 21.3. The second-order valence-electron chi connectivity index (χ2n) is 6.51. The minimum atomic E-state index is -4.93. The van der Waals surface area contributed by atoms with Gasteiger partial charge in [-0.1, -0.05) is 19.3 Å². The van der Waals surface area contributed by atoms with Crippen LogP contribution in [0, 0.1) is 5.41 Å². The number of carboxylic acid groups (broad SMARTS) is 1. The van der Waals surface area contributed by atoms with Crippen molar-refractivity contribution in [3.63, 3.8) is 0 Å². The monoisotopic (exact) mass is 365 g/mol. The third-order valence-electron chi connectivity index (χ3n) is 4.90. The lowest BCUT2D eigenvalue weighted by atomic mass is 9.57. The average molecular weight is 365 g/mol. The molecule has 0 amide bonds. The number of rotatable bonds is 7. The molecule has 8 heteroatoms. The van der Waals surface area contributed by atoms with E-state index in [2.05, 4.69) is 5.32 Å². The van der Waals surface area contributed by atoms with E-state index in [0.717, 1.165) is 19.3 Å². The maximum absolute atomic E-state index is 13.0. The summed E-state index contributed by atoms with van der Waals surface area (Å²) in [5, 5.41) is 12.0. The zero-order valence-electron chi connectivity index (χ0n) is 13.5. The van der Waals surface area contributed by atoms with Crippen LogP contribution in [-0.2, 0) is 9.59 Å². The summed E-state index contributed by atoms with van der Waals surface area (Å²) in [5.41, 5.74) is -0.756. The van der Waals surface area contributed by atoms with Gasteiger partial charge in [0, 0.05) is 16.7 Å². The zero-order chi connectivity index (χ0) is 18.0. The first kappa shape index (κ1) is 19.1. The number of carbonyl (C=O) groups is 2. The lowest BCUT2D eigenvalue weighted by Crippen LogP contribution is -2.50. The number of Topliss-reactive ketones (excluding diaryl/α,β-unsaturated/α-hetero) is 1. The predicted molar refractivity (Wildman–Crippen MR) is 85.8 cm³/mol. The molecule has 1 unspecified atom stereocenters. The minimum absolute atomic E-state index is 0.174. The first-order valence-electron chi connectivity index (χ1n) is 8.05. The number of ketones is 1. The molecule has 0 aromatic rings. The lowest BCUT2D eigenvalue weighted by Gasteiger charge is -2.48. The maximum atomic E-state index is 13.0. The van der Waals surface area contributed by atoms with Crippen molar-refractivity contribution in [2.24, 2.45) is 5.41 Å². The summed E-state index contributed by atoms with van der Waals surface area (Å²) < 4.78 is 39.0. The van der Waals surface area contributed by atoms with Crippen molar-refractivity contribution < 1.29 is 27.9 Å². The van der Waals surface area contributed by atoms with Gasteiger partial charge in [0.1, 0.15) is 6.04 Å². The Hall–Kier alpha value is -1.18. The Morgan fingerprint density at radius 3 is 2.42 bits per heavy atom. The molecule has 0 aromatic carbocycles. The van der Waals surface area contributed by atoms with Crippen LogP contribution in [0.3, 0.4) is 0 Å². The summed E-state index contributed by atoms with van der Waals surface area (Å²) in [4.78, 5) is 23.2. The van der Waals surface area contributed by atoms with E-state index in [0.29, 0.717) is 31.4 Å². The molecule has 2 N–H and O–H groups in total. The van der Waals surface area contributed by atoms with Gasteiger partial charge < -0.3 is 10.4 Å². The fourth-order valence-corrected chi connectivity index (χ4v) is 4.20. The second-order valence-corrected chi connectivity index (χ2v) is 7.50. The van der Waals surface area contributed by atoms with Crippen molar-refractivity contribution in [3.8, 4) is 0 Å². The number of aliphatic carboxylic acids is 1. The van der Waals surface area contributed by atoms with Crippen LogP contribution >= 0.6 is 11.8 Å². The molecule has 0 aromatic heterocycles. The van der Waals surface area contributed by atoms with E-state index in [-0.39, 0.29) is 11.3 Å². The van der Waals surface area contributed by atoms with Crippen LogP contribution in [0.25, 0.3) is 0 Å². The van der Waals surface area contributed by atoms with Crippen molar-refractivity contribution in [2.75, 3.05) is 12.0 Å². The number of thioether (sulfide) groups is 1. The van der Waals surface area contributed by atoms with E-state index in [4.69, 9.17) is 0 Å². The highest BCUT2D eigenvalue weighted by molar-refractivity contribution is 7.98. The van der Waals surface area contributed by atoms with Gasteiger partial charge >= 0.3 is 12.1 Å². The Morgan fingerprint density at radius 1 is 1.29 bits per heavy atom. The van der Waals surface area contributed by atoms with Crippen LogP contribution in [0.5, 0.6) is 0 Å². The van der Waals surface area contributed by atoms with Crippen molar-refractivity contribution >= 4 is 23.5 Å². The Labute approximate surface area is 143 Å². The van der Waals surface area contributed by atoms with Gasteiger partial charge in [-0.05, 0) is 37.7 Å². The van der Waals surface area contributed by atoms with Gasteiger partial charge in [0.2, 0.25) is 0 Å². The molecule has 136 valence electrons. The average Bonchev–Trinajstić information content (AvgIpc) is 2.49. The Morgan fingerprint density at radius 2 is 1.92 bits per heavy atom. The molecule has 0 heterocycles. The highest BCUT2D eigenvalue weighted by atomic mass is 32.2. The molecule has 1 fully saturated rings. The predicted octanol–water partition coefficient (Wildman–Crippen LogP) is 3.52. The fourth-order valence-electron chi connectivity index (χ4n) is 3.73. The number of alkyl halides is 3. The topological polar surface area (TPSA) is 66.4 Å². The zero-order valence-corrected chi connectivity index (χ0v) is 14.4. The van der Waals surface area contributed by atoms with Gasteiger partial charge in [-0.25, -0.2) is 4.79 Å². The van der Waals surface area contributed by atoms with Crippen LogP contribution < -0.4 is 5.32 Å². The summed E-state index contributed by atoms with van der Waals surface area (Å²) in [5.74, 6) is -2.35. The smallest absolute Gasteiger partial charge is 0.454 e. The summed E-state index contributed by atoms with van der Waals surface area (Å²) in [6.45, 7) is 0. The fraction of sp³-hybridized carbons (Fsp3) is 0.750. The second kappa shape index (κ2) is 7.37. The molecular formula is C16H22F3NO3S. The third-order valence-corrected chi connectivity index (χ3v) is 5.54. The van der Waals surface area contributed by atoms with Crippen molar-refractivity contribution in [1.82, 2.24) is 5.32 Å². The molecule has 0 saturated heterocycles. The largest absolute Gasteiger partial charge is 0.480 e. The molecule has 24 heavy (non-hydrogen) atoms. The summed E-state index contributed by atoms with van der Waals surface area (Å²) in [6, 6.07) is -0.968. The van der Waals surface area contributed by atoms with E-state index in [1.165, 1.54) is 11.8 Å². The van der Waals surface area contributed by atoms with Crippen LogP contribution in [0.2, 0.25) is 0 Å². The molecule has 1 atom stereocenters. The van der Waals surface area contributed by atoms with Gasteiger partial charge in [-0.2, -0.15) is 24.9 Å². The van der Waals surface area contributed by atoms with Crippen LogP contribution in [0.4, 0.5) is 13.2 Å².